The van der Waals surface area contributed by atoms with Crippen LogP contribution in [0.1, 0.15) is 36.5 Å². The number of nitrogens with one attached hydrogen (secondary N) is 1. The van der Waals surface area contributed by atoms with Gasteiger partial charge in [-0.15, -0.1) is 0 Å². The molecule has 2 rings (SSSR count). The molecule has 0 spiro atoms. The smallest absolute Gasteiger partial charge is 0.321 e. The minimum absolute atomic E-state index is 0.502. The Kier molecular flexibility index (Phi) is 6.36. The van der Waals surface area contributed by atoms with Crippen LogP contribution in [-0.4, -0.2) is 23.7 Å². The maximum Gasteiger partial charge on any atom is 0.321 e. The summed E-state index contributed by atoms with van der Waals surface area (Å²) in [4.78, 5) is 11.4. The molecule has 2 aromatic carbocycles. The molecule has 0 aliphatic rings. The Morgan fingerprint density at radius 3 is 2.22 bits per heavy atom. The van der Waals surface area contributed by atoms with Crippen molar-refractivity contribution in [3.05, 3.63) is 71.3 Å². The van der Waals surface area contributed by atoms with E-state index in [0.717, 1.165) is 12.0 Å². The predicted octanol–water partition coefficient (Wildman–Crippen LogP) is 3.64. The normalized spacial score (nSPS) is 12.3. The highest BCUT2D eigenvalue weighted by Crippen LogP contribution is 2.14. The van der Waals surface area contributed by atoms with Crippen molar-refractivity contribution < 1.29 is 9.90 Å². The molecular formula is C20H25NO2. The molecule has 0 fully saturated rings. The van der Waals surface area contributed by atoms with E-state index < -0.39 is 12.0 Å². The summed E-state index contributed by atoms with van der Waals surface area (Å²) in [6.45, 7) is 5.01. The zero-order valence-electron chi connectivity index (χ0n) is 13.8. The van der Waals surface area contributed by atoms with E-state index in [2.05, 4.69) is 43.4 Å². The van der Waals surface area contributed by atoms with Crippen LogP contribution < -0.4 is 5.32 Å². The van der Waals surface area contributed by atoms with Gasteiger partial charge in [-0.3, -0.25) is 4.79 Å². The first-order valence-corrected chi connectivity index (χ1v) is 8.15. The van der Waals surface area contributed by atoms with E-state index in [1.54, 1.807) is 0 Å². The average molecular weight is 311 g/mol. The number of carbonyl (C=O) groups is 1. The van der Waals surface area contributed by atoms with Crippen LogP contribution in [0.5, 0.6) is 0 Å². The summed E-state index contributed by atoms with van der Waals surface area (Å²) in [5, 5.41) is 12.5. The summed E-state index contributed by atoms with van der Waals surface area (Å²) in [6.07, 6.45) is 1.33. The molecule has 3 nitrogen and oxygen atoms in total. The first-order chi connectivity index (χ1) is 11.1. The van der Waals surface area contributed by atoms with Crippen LogP contribution >= 0.6 is 0 Å². The molecular weight excluding hydrogens is 286 g/mol. The Morgan fingerprint density at radius 2 is 1.65 bits per heavy atom. The molecule has 0 aromatic heterocycles. The Hall–Kier alpha value is -2.13. The van der Waals surface area contributed by atoms with E-state index in [4.69, 9.17) is 0 Å². The molecule has 2 N–H and O–H groups in total. The Bertz CT molecular complexity index is 605. The third-order valence-corrected chi connectivity index (χ3v) is 4.03. The fourth-order valence-corrected chi connectivity index (χ4v) is 2.56. The van der Waals surface area contributed by atoms with Crippen molar-refractivity contribution in [1.29, 1.82) is 0 Å². The van der Waals surface area contributed by atoms with Crippen molar-refractivity contribution in [2.45, 2.75) is 38.6 Å². The minimum atomic E-state index is -0.802. The van der Waals surface area contributed by atoms with Gasteiger partial charge in [0.1, 0.15) is 6.04 Å². The molecule has 122 valence electrons. The van der Waals surface area contributed by atoms with Crippen LogP contribution in [0.25, 0.3) is 0 Å². The highest BCUT2D eigenvalue weighted by Gasteiger charge is 2.16. The van der Waals surface area contributed by atoms with Crippen LogP contribution in [0.2, 0.25) is 0 Å². The molecule has 0 amide bonds. The molecule has 0 unspecified atom stereocenters. The van der Waals surface area contributed by atoms with Gasteiger partial charge >= 0.3 is 5.97 Å². The summed E-state index contributed by atoms with van der Waals surface area (Å²) in [7, 11) is 0. The van der Waals surface area contributed by atoms with Crippen LogP contribution in [0.3, 0.4) is 0 Å². The van der Waals surface area contributed by atoms with Crippen LogP contribution in [-0.2, 0) is 17.6 Å². The minimum Gasteiger partial charge on any atom is -0.480 e. The standard InChI is InChI=1S/C20H25NO2/c1-15(2)18-10-8-16(9-11-18)12-13-21-19(20(22)23)14-17-6-4-3-5-7-17/h3-11,15,19,21H,12-14H2,1-2H3,(H,22,23)/t19-/m0/s1. The topological polar surface area (TPSA) is 49.3 Å². The molecule has 0 radical (unpaired) electrons. The zero-order valence-corrected chi connectivity index (χ0v) is 13.8. The average Bonchev–Trinajstić information content (AvgIpc) is 2.55. The third kappa shape index (κ3) is 5.53. The Morgan fingerprint density at radius 1 is 1.00 bits per heavy atom. The summed E-state index contributed by atoms with van der Waals surface area (Å²) in [5.74, 6) is -0.270. The lowest BCUT2D eigenvalue weighted by Crippen LogP contribution is -2.39. The van der Waals surface area contributed by atoms with Crippen LogP contribution in [0, 0.1) is 0 Å². The van der Waals surface area contributed by atoms with E-state index >= 15 is 0 Å². The fourth-order valence-electron chi connectivity index (χ4n) is 2.56. The van der Waals surface area contributed by atoms with E-state index in [0.29, 0.717) is 18.9 Å². The monoisotopic (exact) mass is 311 g/mol. The first-order valence-electron chi connectivity index (χ1n) is 8.15. The van der Waals surface area contributed by atoms with E-state index in [1.165, 1.54) is 11.1 Å². The summed E-state index contributed by atoms with van der Waals surface area (Å²) in [5.41, 5.74) is 3.59. The lowest BCUT2D eigenvalue weighted by molar-refractivity contribution is -0.139. The number of aliphatic carboxylic acids is 1. The number of carboxylic acids is 1. The molecule has 0 saturated carbocycles. The van der Waals surface area contributed by atoms with Gasteiger partial charge < -0.3 is 10.4 Å². The summed E-state index contributed by atoms with van der Waals surface area (Å²) >= 11 is 0. The molecule has 0 saturated heterocycles. The van der Waals surface area contributed by atoms with Crippen molar-refractivity contribution >= 4 is 5.97 Å². The number of hydrogen-bond donors (Lipinski definition) is 2. The molecule has 0 heterocycles. The van der Waals surface area contributed by atoms with Gasteiger partial charge in [-0.2, -0.15) is 0 Å². The quantitative estimate of drug-likeness (QED) is 0.782. The van der Waals surface area contributed by atoms with Gasteiger partial charge in [0.25, 0.3) is 0 Å². The maximum atomic E-state index is 11.4. The lowest BCUT2D eigenvalue weighted by atomic mass is 10.0. The molecule has 2 aromatic rings. The second-order valence-electron chi connectivity index (χ2n) is 6.18. The number of benzene rings is 2. The largest absolute Gasteiger partial charge is 0.480 e. The van der Waals surface area contributed by atoms with Crippen molar-refractivity contribution in [3.63, 3.8) is 0 Å². The van der Waals surface area contributed by atoms with Gasteiger partial charge in [0.15, 0.2) is 0 Å². The second-order valence-corrected chi connectivity index (χ2v) is 6.18. The number of hydrogen-bond acceptors (Lipinski definition) is 2. The Labute approximate surface area is 138 Å². The van der Waals surface area contributed by atoms with Gasteiger partial charge in [0.2, 0.25) is 0 Å². The van der Waals surface area contributed by atoms with Crippen LogP contribution in [0.15, 0.2) is 54.6 Å². The summed E-state index contributed by atoms with van der Waals surface area (Å²) < 4.78 is 0. The van der Waals surface area contributed by atoms with Gasteiger partial charge in [0, 0.05) is 0 Å². The number of rotatable bonds is 8. The zero-order chi connectivity index (χ0) is 16.7. The SMILES string of the molecule is CC(C)c1ccc(CCN[C@@H](Cc2ccccc2)C(=O)O)cc1. The molecule has 1 atom stereocenters. The molecule has 23 heavy (non-hydrogen) atoms. The highest BCUT2D eigenvalue weighted by atomic mass is 16.4. The molecule has 3 heteroatoms. The molecule has 0 bridgehead atoms. The van der Waals surface area contributed by atoms with Crippen molar-refractivity contribution in [2.75, 3.05) is 6.54 Å². The van der Waals surface area contributed by atoms with E-state index in [1.807, 2.05) is 30.3 Å². The van der Waals surface area contributed by atoms with E-state index in [-0.39, 0.29) is 0 Å². The first kappa shape index (κ1) is 17.2. The molecule has 0 aliphatic heterocycles. The summed E-state index contributed by atoms with van der Waals surface area (Å²) in [6, 6.07) is 17.7. The van der Waals surface area contributed by atoms with Crippen molar-refractivity contribution in [1.82, 2.24) is 5.32 Å². The molecule has 0 aliphatic carbocycles. The maximum absolute atomic E-state index is 11.4. The highest BCUT2D eigenvalue weighted by molar-refractivity contribution is 5.73. The predicted molar refractivity (Wildman–Crippen MR) is 93.8 cm³/mol. The van der Waals surface area contributed by atoms with Gasteiger partial charge in [0.05, 0.1) is 0 Å². The van der Waals surface area contributed by atoms with Crippen molar-refractivity contribution in [3.8, 4) is 0 Å². The fraction of sp³-hybridized carbons (Fsp3) is 0.350. The van der Waals surface area contributed by atoms with Gasteiger partial charge in [-0.05, 0) is 42.0 Å². The lowest BCUT2D eigenvalue weighted by Gasteiger charge is -2.15. The van der Waals surface area contributed by atoms with Gasteiger partial charge in [-0.25, -0.2) is 0 Å². The van der Waals surface area contributed by atoms with E-state index in [9.17, 15) is 9.90 Å². The number of carboxylic acid groups (broad SMARTS) is 1. The van der Waals surface area contributed by atoms with Gasteiger partial charge in [-0.1, -0.05) is 68.4 Å². The van der Waals surface area contributed by atoms with Crippen molar-refractivity contribution in [2.24, 2.45) is 0 Å². The third-order valence-electron chi connectivity index (χ3n) is 4.03. The van der Waals surface area contributed by atoms with Crippen LogP contribution in [0.4, 0.5) is 0 Å². The second kappa shape index (κ2) is 8.49. The Balaban J connectivity index is 1.85.